The molecule has 1 aliphatic rings. The third-order valence-electron chi connectivity index (χ3n) is 6.39. The number of ether oxygens (including phenoxy) is 1. The van der Waals surface area contributed by atoms with E-state index in [1.165, 1.54) is 4.31 Å². The topological polar surface area (TPSA) is 82.2 Å². The number of piperazine rings is 1. The molecule has 0 radical (unpaired) electrons. The molecule has 186 valence electrons. The lowest BCUT2D eigenvalue weighted by atomic mass is 10.1. The molecule has 2 aromatic rings. The van der Waals surface area contributed by atoms with Crippen LogP contribution < -0.4 is 15.0 Å². The number of rotatable bonds is 9. The predicted molar refractivity (Wildman–Crippen MR) is 137 cm³/mol. The minimum Gasteiger partial charge on any atom is -0.496 e. The van der Waals surface area contributed by atoms with Gasteiger partial charge < -0.3 is 19.9 Å². The summed E-state index contributed by atoms with van der Waals surface area (Å²) in [5, 5.41) is 2.97. The lowest BCUT2D eigenvalue weighted by Crippen LogP contribution is -2.46. The summed E-state index contributed by atoms with van der Waals surface area (Å²) >= 11 is 0. The van der Waals surface area contributed by atoms with Gasteiger partial charge in [0.1, 0.15) is 5.75 Å². The van der Waals surface area contributed by atoms with E-state index in [2.05, 4.69) is 22.0 Å². The van der Waals surface area contributed by atoms with Gasteiger partial charge in [0.2, 0.25) is 10.0 Å². The number of methoxy groups -OCH3 is 1. The maximum atomic E-state index is 13.2. The van der Waals surface area contributed by atoms with E-state index in [9.17, 15) is 13.2 Å². The molecule has 1 N–H and O–H groups in total. The summed E-state index contributed by atoms with van der Waals surface area (Å²) in [6, 6.07) is 10.3. The number of anilines is 2. The Balaban J connectivity index is 1.99. The van der Waals surface area contributed by atoms with Crippen LogP contribution in [0.2, 0.25) is 0 Å². The van der Waals surface area contributed by atoms with Crippen LogP contribution in [0.15, 0.2) is 41.3 Å². The maximum absolute atomic E-state index is 13.2. The molecule has 0 bridgehead atoms. The highest BCUT2D eigenvalue weighted by Crippen LogP contribution is 2.32. The van der Waals surface area contributed by atoms with Crippen molar-refractivity contribution in [3.63, 3.8) is 0 Å². The smallest absolute Gasteiger partial charge is 0.255 e. The van der Waals surface area contributed by atoms with Gasteiger partial charge in [-0.3, -0.25) is 4.79 Å². The molecule has 34 heavy (non-hydrogen) atoms. The van der Waals surface area contributed by atoms with Gasteiger partial charge in [-0.2, -0.15) is 4.31 Å². The van der Waals surface area contributed by atoms with Crippen LogP contribution in [0.5, 0.6) is 5.75 Å². The fourth-order valence-corrected chi connectivity index (χ4v) is 5.71. The van der Waals surface area contributed by atoms with E-state index in [1.54, 1.807) is 31.4 Å². The minimum absolute atomic E-state index is 0.170. The Morgan fingerprint density at radius 3 is 2.29 bits per heavy atom. The minimum atomic E-state index is -3.67. The standard InChI is InChI=1S/C25H36N4O4S/c1-6-27-13-15-28(16-14-27)23-12-11-21(34(31,32)29(7-2)8-3)18-22(23)26-25(30)20-10-9-19(4)24(17-20)33-5/h9-12,17-18H,6-8,13-16H2,1-5H3,(H,26,30). The van der Waals surface area contributed by atoms with Crippen LogP contribution in [0, 0.1) is 6.92 Å². The molecular formula is C25H36N4O4S. The highest BCUT2D eigenvalue weighted by atomic mass is 32.2. The Bertz CT molecular complexity index is 1110. The number of carbonyl (C=O) groups excluding carboxylic acids is 1. The van der Waals surface area contributed by atoms with Crippen LogP contribution in [0.25, 0.3) is 0 Å². The summed E-state index contributed by atoms with van der Waals surface area (Å²) in [4.78, 5) is 17.9. The summed E-state index contributed by atoms with van der Waals surface area (Å²) in [5.41, 5.74) is 2.69. The molecule has 0 aliphatic carbocycles. The van der Waals surface area contributed by atoms with E-state index < -0.39 is 10.0 Å². The number of amides is 1. The summed E-state index contributed by atoms with van der Waals surface area (Å²) in [6.07, 6.45) is 0. The monoisotopic (exact) mass is 488 g/mol. The predicted octanol–water partition coefficient (Wildman–Crippen LogP) is 3.43. The summed E-state index contributed by atoms with van der Waals surface area (Å²) in [6.45, 7) is 12.9. The molecule has 1 aliphatic heterocycles. The second-order valence-corrected chi connectivity index (χ2v) is 10.3. The molecule has 1 fully saturated rings. The van der Waals surface area contributed by atoms with E-state index in [4.69, 9.17) is 4.74 Å². The van der Waals surface area contributed by atoms with Crippen LogP contribution in [-0.2, 0) is 10.0 Å². The number of benzene rings is 2. The molecule has 0 unspecified atom stereocenters. The highest BCUT2D eigenvalue weighted by molar-refractivity contribution is 7.89. The van der Waals surface area contributed by atoms with Gasteiger partial charge in [0.15, 0.2) is 0 Å². The van der Waals surface area contributed by atoms with Crippen molar-refractivity contribution in [2.45, 2.75) is 32.6 Å². The zero-order chi connectivity index (χ0) is 24.9. The first-order chi connectivity index (χ1) is 16.2. The average Bonchev–Trinajstić information content (AvgIpc) is 2.85. The SMILES string of the molecule is CCN1CCN(c2ccc(S(=O)(=O)N(CC)CC)cc2NC(=O)c2ccc(C)c(OC)c2)CC1. The third kappa shape index (κ3) is 5.54. The maximum Gasteiger partial charge on any atom is 0.255 e. The quantitative estimate of drug-likeness (QED) is 0.582. The number of carbonyl (C=O) groups is 1. The summed E-state index contributed by atoms with van der Waals surface area (Å²) in [7, 11) is -2.10. The molecule has 0 spiro atoms. The Morgan fingerprint density at radius 1 is 1.03 bits per heavy atom. The van der Waals surface area contributed by atoms with Crippen molar-refractivity contribution < 1.29 is 17.9 Å². The van der Waals surface area contributed by atoms with Crippen LogP contribution >= 0.6 is 0 Å². The van der Waals surface area contributed by atoms with Crippen LogP contribution in [0.4, 0.5) is 11.4 Å². The molecule has 0 aromatic heterocycles. The van der Waals surface area contributed by atoms with Crippen LogP contribution in [0.1, 0.15) is 36.7 Å². The number of hydrogen-bond acceptors (Lipinski definition) is 6. The fraction of sp³-hybridized carbons (Fsp3) is 0.480. The molecule has 1 saturated heterocycles. The van der Waals surface area contributed by atoms with E-state index in [0.717, 1.165) is 44.0 Å². The van der Waals surface area contributed by atoms with Crippen molar-refractivity contribution >= 4 is 27.3 Å². The normalized spacial score (nSPS) is 14.9. The number of nitrogens with one attached hydrogen (secondary N) is 1. The summed E-state index contributed by atoms with van der Waals surface area (Å²) < 4.78 is 33.1. The van der Waals surface area contributed by atoms with E-state index in [1.807, 2.05) is 32.9 Å². The molecule has 2 aromatic carbocycles. The van der Waals surface area contributed by atoms with Crippen LogP contribution in [-0.4, -0.2) is 76.5 Å². The number of hydrogen-bond donors (Lipinski definition) is 1. The van der Waals surface area contributed by atoms with Gasteiger partial charge in [-0.15, -0.1) is 0 Å². The van der Waals surface area contributed by atoms with Gasteiger partial charge in [0.05, 0.1) is 23.4 Å². The Hall–Kier alpha value is -2.62. The Kier molecular flexibility index (Phi) is 8.57. The second kappa shape index (κ2) is 11.2. The molecule has 9 heteroatoms. The molecule has 1 heterocycles. The van der Waals surface area contributed by atoms with Gasteiger partial charge in [-0.25, -0.2) is 8.42 Å². The van der Waals surface area contributed by atoms with Crippen molar-refractivity contribution in [2.24, 2.45) is 0 Å². The largest absolute Gasteiger partial charge is 0.496 e. The highest BCUT2D eigenvalue weighted by Gasteiger charge is 2.25. The third-order valence-corrected chi connectivity index (χ3v) is 8.44. The van der Waals surface area contributed by atoms with Crippen molar-refractivity contribution in [3.05, 3.63) is 47.5 Å². The summed E-state index contributed by atoms with van der Waals surface area (Å²) in [5.74, 6) is 0.311. The zero-order valence-corrected chi connectivity index (χ0v) is 21.6. The van der Waals surface area contributed by atoms with Crippen LogP contribution in [0.3, 0.4) is 0 Å². The Morgan fingerprint density at radius 2 is 1.71 bits per heavy atom. The van der Waals surface area contributed by atoms with E-state index in [-0.39, 0.29) is 10.8 Å². The first-order valence-electron chi connectivity index (χ1n) is 11.8. The second-order valence-electron chi connectivity index (χ2n) is 8.33. The molecule has 3 rings (SSSR count). The first kappa shape index (κ1) is 26.0. The van der Waals surface area contributed by atoms with Crippen molar-refractivity contribution in [1.82, 2.24) is 9.21 Å². The van der Waals surface area contributed by atoms with E-state index in [0.29, 0.717) is 30.1 Å². The number of likely N-dealkylation sites (N-methyl/N-ethyl adjacent to an activating group) is 1. The zero-order valence-electron chi connectivity index (χ0n) is 20.8. The van der Waals surface area contributed by atoms with E-state index >= 15 is 0 Å². The molecule has 0 atom stereocenters. The van der Waals surface area contributed by atoms with Crippen molar-refractivity contribution in [3.8, 4) is 5.75 Å². The number of sulfonamides is 1. The molecule has 8 nitrogen and oxygen atoms in total. The lowest BCUT2D eigenvalue weighted by Gasteiger charge is -2.36. The number of aryl methyl sites for hydroxylation is 1. The number of nitrogens with zero attached hydrogens (tertiary/aromatic N) is 3. The van der Waals surface area contributed by atoms with Gasteiger partial charge >= 0.3 is 0 Å². The molecule has 0 saturated carbocycles. The lowest BCUT2D eigenvalue weighted by molar-refractivity contribution is 0.102. The molecule has 1 amide bonds. The van der Waals surface area contributed by atoms with Crippen molar-refractivity contribution in [2.75, 3.05) is 63.1 Å². The Labute approximate surface area is 203 Å². The fourth-order valence-electron chi connectivity index (χ4n) is 4.22. The first-order valence-corrected chi connectivity index (χ1v) is 13.3. The van der Waals surface area contributed by atoms with Gasteiger partial charge in [0, 0.05) is 44.8 Å². The van der Waals surface area contributed by atoms with Crippen molar-refractivity contribution in [1.29, 1.82) is 0 Å². The average molecular weight is 489 g/mol. The van der Waals surface area contributed by atoms with Gasteiger partial charge in [-0.05, 0) is 49.4 Å². The van der Waals surface area contributed by atoms with Gasteiger partial charge in [-0.1, -0.05) is 26.8 Å². The van der Waals surface area contributed by atoms with Gasteiger partial charge in [0.25, 0.3) is 5.91 Å². The molecular weight excluding hydrogens is 452 g/mol.